The first-order valence-electron chi connectivity index (χ1n) is 7.87. The van der Waals surface area contributed by atoms with E-state index in [-0.39, 0.29) is 5.41 Å². The van der Waals surface area contributed by atoms with E-state index in [4.69, 9.17) is 4.74 Å². The standard InChI is InChI=1S/C18H25NO/c1-2-6-16-9-11-18(15-19,12-10-16)13-14-20-17-7-4-3-5-8-17/h3-5,7-8,16H,2,6,9-14H2,1H3. The first-order valence-corrected chi connectivity index (χ1v) is 7.87. The van der Waals surface area contributed by atoms with Crippen molar-refractivity contribution in [2.45, 2.75) is 51.9 Å². The van der Waals surface area contributed by atoms with Crippen LogP contribution in [0.15, 0.2) is 30.3 Å². The normalized spacial score (nSPS) is 25.9. The van der Waals surface area contributed by atoms with Crippen LogP contribution in [0, 0.1) is 22.7 Å². The molecule has 2 nitrogen and oxygen atoms in total. The number of nitrogens with zero attached hydrogens (tertiary/aromatic N) is 1. The fourth-order valence-electron chi connectivity index (χ4n) is 3.23. The molecule has 1 fully saturated rings. The summed E-state index contributed by atoms with van der Waals surface area (Å²) in [5.41, 5.74) is -0.140. The van der Waals surface area contributed by atoms with Gasteiger partial charge in [-0.3, -0.25) is 0 Å². The third-order valence-corrected chi connectivity index (χ3v) is 4.59. The summed E-state index contributed by atoms with van der Waals surface area (Å²) in [5, 5.41) is 9.55. The Labute approximate surface area is 122 Å². The van der Waals surface area contributed by atoms with Crippen molar-refractivity contribution in [2.24, 2.45) is 11.3 Å². The fourth-order valence-corrected chi connectivity index (χ4v) is 3.23. The topological polar surface area (TPSA) is 33.0 Å². The van der Waals surface area contributed by atoms with Crippen LogP contribution in [0.2, 0.25) is 0 Å². The lowest BCUT2D eigenvalue weighted by Gasteiger charge is -2.34. The van der Waals surface area contributed by atoms with Crippen molar-refractivity contribution in [3.05, 3.63) is 30.3 Å². The predicted molar refractivity (Wildman–Crippen MR) is 81.5 cm³/mol. The predicted octanol–water partition coefficient (Wildman–Crippen LogP) is 4.96. The number of hydrogen-bond acceptors (Lipinski definition) is 2. The van der Waals surface area contributed by atoms with E-state index in [1.807, 2.05) is 30.3 Å². The maximum absolute atomic E-state index is 9.55. The smallest absolute Gasteiger partial charge is 0.119 e. The highest BCUT2D eigenvalue weighted by Gasteiger charge is 2.35. The number of nitriles is 1. The molecule has 2 heteroatoms. The van der Waals surface area contributed by atoms with Crippen LogP contribution in [0.3, 0.4) is 0 Å². The third kappa shape index (κ3) is 4.00. The van der Waals surface area contributed by atoms with Crippen LogP contribution in [0.4, 0.5) is 0 Å². The Kier molecular flexibility index (Phi) is 5.47. The van der Waals surface area contributed by atoms with Gasteiger partial charge in [-0.1, -0.05) is 38.0 Å². The highest BCUT2D eigenvalue weighted by atomic mass is 16.5. The van der Waals surface area contributed by atoms with Gasteiger partial charge < -0.3 is 4.74 Å². The summed E-state index contributed by atoms with van der Waals surface area (Å²) in [6.07, 6.45) is 7.97. The van der Waals surface area contributed by atoms with Crippen LogP contribution in [0.5, 0.6) is 5.75 Å². The Morgan fingerprint density at radius 3 is 2.55 bits per heavy atom. The highest BCUT2D eigenvalue weighted by molar-refractivity contribution is 5.20. The number of hydrogen-bond donors (Lipinski definition) is 0. The van der Waals surface area contributed by atoms with Crippen LogP contribution < -0.4 is 4.74 Å². The van der Waals surface area contributed by atoms with Gasteiger partial charge in [0.15, 0.2) is 0 Å². The Morgan fingerprint density at radius 1 is 1.25 bits per heavy atom. The maximum atomic E-state index is 9.55. The molecule has 0 radical (unpaired) electrons. The van der Waals surface area contributed by atoms with E-state index in [2.05, 4.69) is 13.0 Å². The van der Waals surface area contributed by atoms with Crippen molar-refractivity contribution in [1.82, 2.24) is 0 Å². The quantitative estimate of drug-likeness (QED) is 0.733. The van der Waals surface area contributed by atoms with Crippen LogP contribution in [0.25, 0.3) is 0 Å². The Hall–Kier alpha value is -1.49. The van der Waals surface area contributed by atoms with Crippen molar-refractivity contribution in [3.63, 3.8) is 0 Å². The molecule has 0 aliphatic heterocycles. The van der Waals surface area contributed by atoms with Gasteiger partial charge in [0, 0.05) is 6.42 Å². The number of benzene rings is 1. The zero-order chi connectivity index (χ0) is 14.3. The summed E-state index contributed by atoms with van der Waals surface area (Å²) < 4.78 is 5.76. The molecule has 0 unspecified atom stereocenters. The van der Waals surface area contributed by atoms with Crippen LogP contribution in [-0.4, -0.2) is 6.61 Å². The van der Waals surface area contributed by atoms with Crippen molar-refractivity contribution in [2.75, 3.05) is 6.61 Å². The van der Waals surface area contributed by atoms with Crippen molar-refractivity contribution in [3.8, 4) is 11.8 Å². The molecule has 0 amide bonds. The number of para-hydroxylation sites is 1. The maximum Gasteiger partial charge on any atom is 0.119 e. The molecule has 0 N–H and O–H groups in total. The first-order chi connectivity index (χ1) is 9.78. The Balaban J connectivity index is 1.80. The molecule has 0 aromatic heterocycles. The molecule has 108 valence electrons. The molecule has 1 saturated carbocycles. The Morgan fingerprint density at radius 2 is 1.95 bits per heavy atom. The summed E-state index contributed by atoms with van der Waals surface area (Å²) in [5.74, 6) is 1.75. The van der Waals surface area contributed by atoms with Gasteiger partial charge in [0.25, 0.3) is 0 Å². The summed E-state index contributed by atoms with van der Waals surface area (Å²) >= 11 is 0. The SMILES string of the molecule is CCCC1CCC(C#N)(CCOc2ccccc2)CC1. The minimum atomic E-state index is -0.140. The molecule has 1 aliphatic rings. The summed E-state index contributed by atoms with van der Waals surface area (Å²) in [6.45, 7) is 2.90. The van der Waals surface area contributed by atoms with E-state index < -0.39 is 0 Å². The lowest BCUT2D eigenvalue weighted by molar-refractivity contribution is 0.159. The van der Waals surface area contributed by atoms with Gasteiger partial charge in [-0.25, -0.2) is 0 Å². The molecule has 0 bridgehead atoms. The number of rotatable bonds is 6. The van der Waals surface area contributed by atoms with Crippen molar-refractivity contribution < 1.29 is 4.74 Å². The van der Waals surface area contributed by atoms with Crippen molar-refractivity contribution in [1.29, 1.82) is 5.26 Å². The largest absolute Gasteiger partial charge is 0.494 e. The monoisotopic (exact) mass is 271 g/mol. The van der Waals surface area contributed by atoms with Gasteiger partial charge in [-0.15, -0.1) is 0 Å². The average molecular weight is 271 g/mol. The fraction of sp³-hybridized carbons (Fsp3) is 0.611. The van der Waals surface area contributed by atoms with E-state index >= 15 is 0 Å². The molecule has 20 heavy (non-hydrogen) atoms. The summed E-state index contributed by atoms with van der Waals surface area (Å²) in [7, 11) is 0. The van der Waals surface area contributed by atoms with Crippen molar-refractivity contribution >= 4 is 0 Å². The molecule has 1 aliphatic carbocycles. The molecular formula is C18H25NO. The van der Waals surface area contributed by atoms with Crippen LogP contribution in [0.1, 0.15) is 51.9 Å². The van der Waals surface area contributed by atoms with Gasteiger partial charge in [0.2, 0.25) is 0 Å². The second-order valence-corrected chi connectivity index (χ2v) is 6.04. The lowest BCUT2D eigenvalue weighted by Crippen LogP contribution is -2.28. The highest BCUT2D eigenvalue weighted by Crippen LogP contribution is 2.42. The van der Waals surface area contributed by atoms with E-state index in [0.29, 0.717) is 6.61 Å². The molecule has 0 saturated heterocycles. The minimum absolute atomic E-state index is 0.140. The van der Waals surface area contributed by atoms with Crippen LogP contribution in [-0.2, 0) is 0 Å². The zero-order valence-electron chi connectivity index (χ0n) is 12.5. The zero-order valence-corrected chi connectivity index (χ0v) is 12.5. The first kappa shape index (κ1) is 14.9. The summed E-state index contributed by atoms with van der Waals surface area (Å²) in [6, 6.07) is 12.5. The van der Waals surface area contributed by atoms with Crippen LogP contribution >= 0.6 is 0 Å². The Bertz CT molecular complexity index is 426. The molecule has 0 spiro atoms. The van der Waals surface area contributed by atoms with E-state index in [0.717, 1.165) is 30.9 Å². The average Bonchev–Trinajstić information content (AvgIpc) is 2.51. The van der Waals surface area contributed by atoms with Gasteiger partial charge >= 0.3 is 0 Å². The molecule has 0 atom stereocenters. The molecule has 1 aromatic carbocycles. The summed E-state index contributed by atoms with van der Waals surface area (Å²) in [4.78, 5) is 0. The van der Waals surface area contributed by atoms with Gasteiger partial charge in [-0.2, -0.15) is 5.26 Å². The van der Waals surface area contributed by atoms with E-state index in [9.17, 15) is 5.26 Å². The molecule has 1 aromatic rings. The van der Waals surface area contributed by atoms with E-state index in [1.54, 1.807) is 0 Å². The third-order valence-electron chi connectivity index (χ3n) is 4.59. The molecule has 0 heterocycles. The minimum Gasteiger partial charge on any atom is -0.494 e. The second kappa shape index (κ2) is 7.33. The van der Waals surface area contributed by atoms with Gasteiger partial charge in [-0.05, 0) is 43.7 Å². The molecular weight excluding hydrogens is 246 g/mol. The van der Waals surface area contributed by atoms with E-state index in [1.165, 1.54) is 25.7 Å². The molecule has 2 rings (SSSR count). The van der Waals surface area contributed by atoms with Gasteiger partial charge in [0.05, 0.1) is 18.1 Å². The lowest BCUT2D eigenvalue weighted by atomic mass is 9.69. The van der Waals surface area contributed by atoms with Gasteiger partial charge in [0.1, 0.15) is 5.75 Å². The number of ether oxygens (including phenoxy) is 1. The second-order valence-electron chi connectivity index (χ2n) is 6.04.